The summed E-state index contributed by atoms with van der Waals surface area (Å²) in [6, 6.07) is 4.79. The first-order valence-corrected chi connectivity index (χ1v) is 6.51. The van der Waals surface area contributed by atoms with Gasteiger partial charge in [0.1, 0.15) is 5.82 Å². The largest absolute Gasteiger partial charge is 0.396 e. The summed E-state index contributed by atoms with van der Waals surface area (Å²) >= 11 is 0. The van der Waals surface area contributed by atoms with Gasteiger partial charge in [0.05, 0.1) is 5.56 Å². The number of aliphatic hydroxyl groups excluding tert-OH is 1. The van der Waals surface area contributed by atoms with Crippen LogP contribution in [0.4, 0.5) is 4.39 Å². The van der Waals surface area contributed by atoms with E-state index < -0.39 is 5.82 Å². The van der Waals surface area contributed by atoms with Crippen LogP contribution >= 0.6 is 0 Å². The molecule has 0 unspecified atom stereocenters. The maximum atomic E-state index is 13.7. The van der Waals surface area contributed by atoms with Crippen LogP contribution in [-0.4, -0.2) is 24.2 Å². The van der Waals surface area contributed by atoms with Crippen LogP contribution in [0.1, 0.15) is 42.6 Å². The standard InChI is InChI=1S/C15H22FNO2/c1-11-6-4-7-12(13(11)16)14(19)17-9-5-8-15(2,3)10-18/h4,6-7,18H,5,8-10H2,1-3H3,(H,17,19). The number of rotatable bonds is 6. The maximum Gasteiger partial charge on any atom is 0.254 e. The molecular formula is C15H22FNO2. The van der Waals surface area contributed by atoms with E-state index in [4.69, 9.17) is 5.11 Å². The minimum atomic E-state index is -0.462. The molecule has 0 radical (unpaired) electrons. The number of halogens is 1. The second-order valence-electron chi connectivity index (χ2n) is 5.62. The van der Waals surface area contributed by atoms with Crippen LogP contribution in [0.3, 0.4) is 0 Å². The minimum absolute atomic E-state index is 0.0846. The average Bonchev–Trinajstić information content (AvgIpc) is 2.37. The van der Waals surface area contributed by atoms with Gasteiger partial charge in [-0.1, -0.05) is 26.0 Å². The van der Waals surface area contributed by atoms with E-state index in [-0.39, 0.29) is 23.5 Å². The van der Waals surface area contributed by atoms with E-state index in [2.05, 4.69) is 5.32 Å². The van der Waals surface area contributed by atoms with Crippen molar-refractivity contribution in [1.29, 1.82) is 0 Å². The summed E-state index contributed by atoms with van der Waals surface area (Å²) in [5, 5.41) is 11.8. The summed E-state index contributed by atoms with van der Waals surface area (Å²) in [5.74, 6) is -0.848. The number of carbonyl (C=O) groups excluding carboxylic acids is 1. The molecule has 0 saturated heterocycles. The fraction of sp³-hybridized carbons (Fsp3) is 0.533. The molecule has 106 valence electrons. The van der Waals surface area contributed by atoms with Gasteiger partial charge < -0.3 is 10.4 Å². The third kappa shape index (κ3) is 4.63. The number of aliphatic hydroxyl groups is 1. The van der Waals surface area contributed by atoms with Crippen LogP contribution in [-0.2, 0) is 0 Å². The third-order valence-corrected chi connectivity index (χ3v) is 3.18. The highest BCUT2D eigenvalue weighted by molar-refractivity contribution is 5.94. The van der Waals surface area contributed by atoms with Gasteiger partial charge in [-0.15, -0.1) is 0 Å². The molecule has 0 atom stereocenters. The second kappa shape index (κ2) is 6.66. The van der Waals surface area contributed by atoms with E-state index in [1.807, 2.05) is 13.8 Å². The van der Waals surface area contributed by atoms with Gasteiger partial charge in [0, 0.05) is 13.2 Å². The van der Waals surface area contributed by atoms with Crippen molar-refractivity contribution < 1.29 is 14.3 Å². The predicted octanol–water partition coefficient (Wildman–Crippen LogP) is 2.66. The van der Waals surface area contributed by atoms with E-state index in [1.54, 1.807) is 19.1 Å². The lowest BCUT2D eigenvalue weighted by Gasteiger charge is -2.21. The van der Waals surface area contributed by atoms with Crippen molar-refractivity contribution >= 4 is 5.91 Å². The lowest BCUT2D eigenvalue weighted by atomic mass is 9.89. The van der Waals surface area contributed by atoms with Gasteiger partial charge in [-0.2, -0.15) is 0 Å². The van der Waals surface area contributed by atoms with Crippen molar-refractivity contribution in [2.24, 2.45) is 5.41 Å². The zero-order valence-electron chi connectivity index (χ0n) is 11.8. The van der Waals surface area contributed by atoms with E-state index in [1.165, 1.54) is 6.07 Å². The van der Waals surface area contributed by atoms with Crippen molar-refractivity contribution in [3.05, 3.63) is 35.1 Å². The number of amides is 1. The van der Waals surface area contributed by atoms with Crippen molar-refractivity contribution in [3.8, 4) is 0 Å². The minimum Gasteiger partial charge on any atom is -0.396 e. The third-order valence-electron chi connectivity index (χ3n) is 3.18. The van der Waals surface area contributed by atoms with Crippen molar-refractivity contribution in [3.63, 3.8) is 0 Å². The van der Waals surface area contributed by atoms with Crippen LogP contribution in [0.2, 0.25) is 0 Å². The summed E-state index contributed by atoms with van der Waals surface area (Å²) in [5.41, 5.74) is 0.412. The first-order valence-electron chi connectivity index (χ1n) is 6.51. The summed E-state index contributed by atoms with van der Waals surface area (Å²) in [4.78, 5) is 11.8. The van der Waals surface area contributed by atoms with Crippen LogP contribution < -0.4 is 5.32 Å². The summed E-state index contributed by atoms with van der Waals surface area (Å²) < 4.78 is 13.7. The molecule has 3 nitrogen and oxygen atoms in total. The fourth-order valence-electron chi connectivity index (χ4n) is 1.77. The first kappa shape index (κ1) is 15.6. The molecule has 0 heterocycles. The SMILES string of the molecule is Cc1cccc(C(=O)NCCCC(C)(C)CO)c1F. The van der Waals surface area contributed by atoms with Gasteiger partial charge in [-0.3, -0.25) is 4.79 Å². The molecule has 0 aliphatic carbocycles. The Bertz CT molecular complexity index is 444. The predicted molar refractivity (Wildman–Crippen MR) is 73.6 cm³/mol. The van der Waals surface area contributed by atoms with Gasteiger partial charge in [0.2, 0.25) is 0 Å². The lowest BCUT2D eigenvalue weighted by molar-refractivity contribution is 0.0944. The molecule has 4 heteroatoms. The Morgan fingerprint density at radius 2 is 2.11 bits per heavy atom. The Morgan fingerprint density at radius 3 is 2.74 bits per heavy atom. The maximum absolute atomic E-state index is 13.7. The number of nitrogens with one attached hydrogen (secondary N) is 1. The molecule has 1 rings (SSSR count). The first-order chi connectivity index (χ1) is 8.87. The van der Waals surface area contributed by atoms with Gasteiger partial charge >= 0.3 is 0 Å². The Labute approximate surface area is 113 Å². The van der Waals surface area contributed by atoms with Crippen molar-refractivity contribution in [2.45, 2.75) is 33.6 Å². The molecule has 0 aromatic heterocycles. The molecule has 0 aliphatic rings. The van der Waals surface area contributed by atoms with Crippen LogP contribution in [0, 0.1) is 18.2 Å². The molecule has 0 aliphatic heterocycles. The molecule has 2 N–H and O–H groups in total. The average molecular weight is 267 g/mol. The van der Waals surface area contributed by atoms with Crippen LogP contribution in [0.5, 0.6) is 0 Å². The highest BCUT2D eigenvalue weighted by Crippen LogP contribution is 2.20. The Hall–Kier alpha value is -1.42. The summed E-state index contributed by atoms with van der Waals surface area (Å²) in [6.07, 6.45) is 1.56. The fourth-order valence-corrected chi connectivity index (χ4v) is 1.77. The van der Waals surface area contributed by atoms with Crippen molar-refractivity contribution in [1.82, 2.24) is 5.32 Å². The molecule has 1 amide bonds. The number of aryl methyl sites for hydroxylation is 1. The number of benzene rings is 1. The molecule has 0 fully saturated rings. The second-order valence-corrected chi connectivity index (χ2v) is 5.62. The molecule has 0 saturated carbocycles. The smallest absolute Gasteiger partial charge is 0.254 e. The van der Waals surface area contributed by atoms with Gasteiger partial charge in [0.25, 0.3) is 5.91 Å². The van der Waals surface area contributed by atoms with E-state index in [0.29, 0.717) is 12.1 Å². The number of carbonyl (C=O) groups is 1. The van der Waals surface area contributed by atoms with E-state index in [0.717, 1.165) is 12.8 Å². The van der Waals surface area contributed by atoms with Gasteiger partial charge in [0.15, 0.2) is 0 Å². The highest BCUT2D eigenvalue weighted by Gasteiger charge is 2.16. The molecule has 1 aromatic carbocycles. The van der Waals surface area contributed by atoms with Crippen molar-refractivity contribution in [2.75, 3.05) is 13.2 Å². The Balaban J connectivity index is 2.46. The summed E-state index contributed by atoms with van der Waals surface area (Å²) in [6.45, 7) is 6.17. The van der Waals surface area contributed by atoms with Crippen LogP contribution in [0.15, 0.2) is 18.2 Å². The molecular weight excluding hydrogens is 245 g/mol. The lowest BCUT2D eigenvalue weighted by Crippen LogP contribution is -2.27. The van der Waals surface area contributed by atoms with E-state index >= 15 is 0 Å². The monoisotopic (exact) mass is 267 g/mol. The van der Waals surface area contributed by atoms with E-state index in [9.17, 15) is 9.18 Å². The molecule has 0 bridgehead atoms. The van der Waals surface area contributed by atoms with Gasteiger partial charge in [-0.05, 0) is 36.8 Å². The zero-order valence-corrected chi connectivity index (χ0v) is 11.8. The highest BCUT2D eigenvalue weighted by atomic mass is 19.1. The normalized spacial score (nSPS) is 11.4. The van der Waals surface area contributed by atoms with Gasteiger partial charge in [-0.25, -0.2) is 4.39 Å². The Kier molecular flexibility index (Phi) is 5.48. The molecule has 1 aromatic rings. The topological polar surface area (TPSA) is 49.3 Å². The molecule has 0 spiro atoms. The number of hydrogen-bond acceptors (Lipinski definition) is 2. The zero-order chi connectivity index (χ0) is 14.5. The Morgan fingerprint density at radius 1 is 1.42 bits per heavy atom. The quantitative estimate of drug-likeness (QED) is 0.778. The van der Waals surface area contributed by atoms with Crippen LogP contribution in [0.25, 0.3) is 0 Å². The number of hydrogen-bond donors (Lipinski definition) is 2. The summed E-state index contributed by atoms with van der Waals surface area (Å²) in [7, 11) is 0. The molecule has 19 heavy (non-hydrogen) atoms.